The Balaban J connectivity index is 1.78. The third-order valence-electron chi connectivity index (χ3n) is 3.19. The highest BCUT2D eigenvalue weighted by Crippen LogP contribution is 2.19. The highest BCUT2D eigenvalue weighted by molar-refractivity contribution is 6.30. The molecular weight excluding hydrogens is 266 g/mol. The van der Waals surface area contributed by atoms with Crippen LogP contribution in [0, 0.1) is 0 Å². The smallest absolute Gasteiger partial charge is 0.323 e. The highest BCUT2D eigenvalue weighted by atomic mass is 35.5. The zero-order valence-electron chi connectivity index (χ0n) is 11.1. The van der Waals surface area contributed by atoms with E-state index in [1.165, 1.54) is 0 Å². The average molecular weight is 284 g/mol. The lowest BCUT2D eigenvalue weighted by molar-refractivity contribution is -0.144. The summed E-state index contributed by atoms with van der Waals surface area (Å²) in [5.74, 6) is 0.598. The molecule has 0 saturated carbocycles. The predicted molar refractivity (Wildman–Crippen MR) is 73.5 cm³/mol. The minimum Gasteiger partial charge on any atom is -0.492 e. The maximum Gasteiger partial charge on any atom is 0.323 e. The average Bonchev–Trinajstić information content (AvgIpc) is 2.68. The van der Waals surface area contributed by atoms with Crippen LogP contribution in [0.1, 0.15) is 13.3 Å². The summed E-state index contributed by atoms with van der Waals surface area (Å²) in [5, 5.41) is 0.652. The highest BCUT2D eigenvalue weighted by Gasteiger charge is 2.34. The van der Waals surface area contributed by atoms with Gasteiger partial charge in [0, 0.05) is 18.0 Å². The number of likely N-dealkylation sites (N-methyl/N-ethyl adjacent to an activating group) is 1. The van der Waals surface area contributed by atoms with Crippen molar-refractivity contribution in [1.82, 2.24) is 4.90 Å². The van der Waals surface area contributed by atoms with Crippen molar-refractivity contribution in [3.8, 4) is 5.75 Å². The summed E-state index contributed by atoms with van der Waals surface area (Å²) in [6.07, 6.45) is 0.751. The Labute approximate surface area is 118 Å². The summed E-state index contributed by atoms with van der Waals surface area (Å²) in [6.45, 7) is 3.09. The molecule has 1 aromatic rings. The fourth-order valence-corrected chi connectivity index (χ4v) is 2.30. The number of nitrogens with zero attached hydrogens (tertiary/aromatic N) is 1. The number of carbonyl (C=O) groups excluding carboxylic acids is 1. The molecule has 0 bridgehead atoms. The number of ether oxygens (including phenoxy) is 2. The van der Waals surface area contributed by atoms with Gasteiger partial charge in [0.1, 0.15) is 24.5 Å². The molecule has 19 heavy (non-hydrogen) atoms. The number of esters is 1. The van der Waals surface area contributed by atoms with Gasteiger partial charge < -0.3 is 9.47 Å². The molecule has 2 rings (SSSR count). The van der Waals surface area contributed by atoms with E-state index in [1.807, 2.05) is 31.0 Å². The van der Waals surface area contributed by atoms with Crippen molar-refractivity contribution < 1.29 is 14.3 Å². The molecule has 0 aliphatic carbocycles. The van der Waals surface area contributed by atoms with Crippen LogP contribution in [-0.4, -0.2) is 43.2 Å². The summed E-state index contributed by atoms with van der Waals surface area (Å²) in [4.78, 5) is 13.6. The van der Waals surface area contributed by atoms with E-state index in [2.05, 4.69) is 0 Å². The van der Waals surface area contributed by atoms with Crippen molar-refractivity contribution in [3.63, 3.8) is 0 Å². The first-order chi connectivity index (χ1) is 9.06. The molecule has 0 amide bonds. The van der Waals surface area contributed by atoms with Gasteiger partial charge in [0.25, 0.3) is 0 Å². The van der Waals surface area contributed by atoms with Crippen LogP contribution in [0.2, 0.25) is 5.02 Å². The Morgan fingerprint density at radius 2 is 2.32 bits per heavy atom. The normalized spacial score (nSPS) is 22.6. The van der Waals surface area contributed by atoms with Crippen LogP contribution < -0.4 is 4.74 Å². The third-order valence-corrected chi connectivity index (χ3v) is 3.42. The fraction of sp³-hybridized carbons (Fsp3) is 0.500. The zero-order chi connectivity index (χ0) is 13.8. The number of hydrogen-bond acceptors (Lipinski definition) is 4. The lowest BCUT2D eigenvalue weighted by Gasteiger charge is -2.20. The molecule has 1 saturated heterocycles. The molecule has 1 aliphatic heterocycles. The summed E-state index contributed by atoms with van der Waals surface area (Å²) in [6, 6.07) is 7.12. The van der Waals surface area contributed by atoms with Crippen LogP contribution in [0.5, 0.6) is 5.75 Å². The molecular formula is C14H18ClNO3. The second kappa shape index (κ2) is 6.26. The van der Waals surface area contributed by atoms with Gasteiger partial charge in [-0.2, -0.15) is 0 Å². The molecule has 5 heteroatoms. The van der Waals surface area contributed by atoms with Gasteiger partial charge in [-0.3, -0.25) is 9.69 Å². The molecule has 1 aromatic carbocycles. The Hall–Kier alpha value is -1.26. The van der Waals surface area contributed by atoms with Crippen LogP contribution in [-0.2, 0) is 9.53 Å². The number of rotatable bonds is 5. The topological polar surface area (TPSA) is 38.8 Å². The second-order valence-corrected chi connectivity index (χ2v) is 5.22. The van der Waals surface area contributed by atoms with E-state index in [-0.39, 0.29) is 18.1 Å². The predicted octanol–water partition coefficient (Wildman–Crippen LogP) is 2.35. The Kier molecular flexibility index (Phi) is 4.66. The first-order valence-electron chi connectivity index (χ1n) is 6.35. The summed E-state index contributed by atoms with van der Waals surface area (Å²) in [5.41, 5.74) is 0. The van der Waals surface area contributed by atoms with E-state index < -0.39 is 0 Å². The van der Waals surface area contributed by atoms with Gasteiger partial charge in [0.05, 0.1) is 0 Å². The summed E-state index contributed by atoms with van der Waals surface area (Å²) in [7, 11) is 1.91. The maximum atomic E-state index is 11.6. The van der Waals surface area contributed by atoms with Crippen LogP contribution >= 0.6 is 11.6 Å². The van der Waals surface area contributed by atoms with Crippen LogP contribution in [0.25, 0.3) is 0 Å². The van der Waals surface area contributed by atoms with E-state index >= 15 is 0 Å². The van der Waals surface area contributed by atoms with Gasteiger partial charge in [0.2, 0.25) is 0 Å². The van der Waals surface area contributed by atoms with E-state index in [0.29, 0.717) is 18.2 Å². The van der Waals surface area contributed by atoms with Crippen molar-refractivity contribution in [2.45, 2.75) is 25.5 Å². The molecule has 2 unspecified atom stereocenters. The van der Waals surface area contributed by atoms with Crippen LogP contribution in [0.3, 0.4) is 0 Å². The second-order valence-electron chi connectivity index (χ2n) is 4.79. The van der Waals surface area contributed by atoms with Crippen molar-refractivity contribution in [2.75, 3.05) is 20.2 Å². The third kappa shape index (κ3) is 3.85. The molecule has 1 fully saturated rings. The lowest BCUT2D eigenvalue weighted by Crippen LogP contribution is -2.37. The SMILES string of the molecule is CC1CC(N(C)CCOc2cccc(Cl)c2)C(=O)O1. The van der Waals surface area contributed by atoms with Gasteiger partial charge >= 0.3 is 5.97 Å². The Morgan fingerprint density at radius 3 is 2.95 bits per heavy atom. The molecule has 104 valence electrons. The van der Waals surface area contributed by atoms with Crippen molar-refractivity contribution >= 4 is 17.6 Å². The molecule has 1 heterocycles. The minimum absolute atomic E-state index is 0.00815. The molecule has 0 radical (unpaired) electrons. The Bertz CT molecular complexity index is 452. The van der Waals surface area contributed by atoms with Crippen LogP contribution in [0.4, 0.5) is 0 Å². The molecule has 4 nitrogen and oxygen atoms in total. The Morgan fingerprint density at radius 1 is 1.53 bits per heavy atom. The zero-order valence-corrected chi connectivity index (χ0v) is 11.9. The van der Waals surface area contributed by atoms with Crippen molar-refractivity contribution in [3.05, 3.63) is 29.3 Å². The maximum absolute atomic E-state index is 11.6. The summed E-state index contributed by atoms with van der Waals surface area (Å²) >= 11 is 5.87. The standard InChI is InChI=1S/C14H18ClNO3/c1-10-8-13(14(17)19-10)16(2)6-7-18-12-5-3-4-11(15)9-12/h3-5,9-10,13H,6-8H2,1-2H3. The van der Waals surface area contributed by atoms with Crippen molar-refractivity contribution in [1.29, 1.82) is 0 Å². The number of hydrogen-bond donors (Lipinski definition) is 0. The number of halogens is 1. The minimum atomic E-state index is -0.155. The fourth-order valence-electron chi connectivity index (χ4n) is 2.12. The molecule has 1 aliphatic rings. The first-order valence-corrected chi connectivity index (χ1v) is 6.73. The number of carbonyl (C=O) groups is 1. The largest absolute Gasteiger partial charge is 0.492 e. The molecule has 0 N–H and O–H groups in total. The van der Waals surface area contributed by atoms with E-state index in [0.717, 1.165) is 12.2 Å². The number of benzene rings is 1. The monoisotopic (exact) mass is 283 g/mol. The molecule has 0 spiro atoms. The first kappa shape index (κ1) is 14.2. The quantitative estimate of drug-likeness (QED) is 0.778. The van der Waals surface area contributed by atoms with Gasteiger partial charge in [-0.1, -0.05) is 17.7 Å². The van der Waals surface area contributed by atoms with Gasteiger partial charge in [-0.25, -0.2) is 0 Å². The summed E-state index contributed by atoms with van der Waals surface area (Å²) < 4.78 is 10.7. The van der Waals surface area contributed by atoms with E-state index in [9.17, 15) is 4.79 Å². The van der Waals surface area contributed by atoms with E-state index in [4.69, 9.17) is 21.1 Å². The van der Waals surface area contributed by atoms with Gasteiger partial charge in [0.15, 0.2) is 0 Å². The lowest BCUT2D eigenvalue weighted by atomic mass is 10.1. The van der Waals surface area contributed by atoms with Crippen LogP contribution in [0.15, 0.2) is 24.3 Å². The van der Waals surface area contributed by atoms with Gasteiger partial charge in [-0.15, -0.1) is 0 Å². The van der Waals surface area contributed by atoms with Gasteiger partial charge in [-0.05, 0) is 32.2 Å². The number of cyclic esters (lactones) is 1. The molecule has 0 aromatic heterocycles. The molecule has 2 atom stereocenters. The van der Waals surface area contributed by atoms with Crippen molar-refractivity contribution in [2.24, 2.45) is 0 Å². The van der Waals surface area contributed by atoms with E-state index in [1.54, 1.807) is 12.1 Å².